The number of hydrogen-bond acceptors (Lipinski definition) is 5. The number of carbonyl (C=O) groups excluding carboxylic acids is 1. The van der Waals surface area contributed by atoms with E-state index < -0.39 is 0 Å². The van der Waals surface area contributed by atoms with Gasteiger partial charge in [0.25, 0.3) is 0 Å². The van der Waals surface area contributed by atoms with Crippen molar-refractivity contribution in [1.82, 2.24) is 9.88 Å². The Hall–Kier alpha value is -3.64. The molecule has 38 heavy (non-hydrogen) atoms. The van der Waals surface area contributed by atoms with Crippen LogP contribution in [-0.2, 0) is 16.1 Å². The number of ether oxygens (including phenoxy) is 3. The Labute approximate surface area is 225 Å². The number of carbonyl (C=O) groups is 1. The Balaban J connectivity index is 1.30. The largest absolute Gasteiger partial charge is 0.473 e. The molecule has 0 N–H and O–H groups in total. The molecule has 1 saturated carbocycles. The van der Waals surface area contributed by atoms with Crippen LogP contribution in [0.15, 0.2) is 84.6 Å². The Morgan fingerprint density at radius 1 is 0.895 bits per heavy atom. The number of pyridine rings is 1. The smallest absolute Gasteiger partial charge is 0.413 e. The molecule has 1 amide bonds. The lowest BCUT2D eigenvalue weighted by Crippen LogP contribution is -2.37. The van der Waals surface area contributed by atoms with Gasteiger partial charge in [0.15, 0.2) is 0 Å². The van der Waals surface area contributed by atoms with Gasteiger partial charge in [0.05, 0.1) is 31.2 Å². The van der Waals surface area contributed by atoms with Crippen molar-refractivity contribution in [3.8, 4) is 5.88 Å². The number of hydrogen-bond donors (Lipinski definition) is 0. The molecule has 1 fully saturated rings. The van der Waals surface area contributed by atoms with E-state index in [0.29, 0.717) is 31.6 Å². The summed E-state index contributed by atoms with van der Waals surface area (Å²) in [5.41, 5.74) is 5.19. The molecule has 0 radical (unpaired) electrons. The number of allylic oxidation sites excluding steroid dienone is 1. The van der Waals surface area contributed by atoms with Gasteiger partial charge in [0, 0.05) is 18.2 Å². The van der Waals surface area contributed by atoms with Crippen LogP contribution >= 0.6 is 0 Å². The van der Waals surface area contributed by atoms with E-state index in [2.05, 4.69) is 30.3 Å². The van der Waals surface area contributed by atoms with Crippen LogP contribution in [0.25, 0.3) is 5.57 Å². The zero-order valence-electron chi connectivity index (χ0n) is 22.1. The summed E-state index contributed by atoms with van der Waals surface area (Å²) in [6, 6.07) is 26.6. The molecule has 2 heterocycles. The Morgan fingerprint density at radius 2 is 1.63 bits per heavy atom. The Kier molecular flexibility index (Phi) is 8.71. The highest BCUT2D eigenvalue weighted by Gasteiger charge is 2.29. The van der Waals surface area contributed by atoms with Gasteiger partial charge in [-0.05, 0) is 61.6 Å². The summed E-state index contributed by atoms with van der Waals surface area (Å²) in [5, 5.41) is 0. The third-order valence-corrected chi connectivity index (χ3v) is 7.54. The van der Waals surface area contributed by atoms with Crippen molar-refractivity contribution in [2.45, 2.75) is 57.2 Å². The van der Waals surface area contributed by atoms with Crippen LogP contribution < -0.4 is 4.74 Å². The highest BCUT2D eigenvalue weighted by molar-refractivity contribution is 5.77. The quantitative estimate of drug-likeness (QED) is 0.326. The third kappa shape index (κ3) is 6.43. The van der Waals surface area contributed by atoms with Gasteiger partial charge < -0.3 is 14.2 Å². The molecule has 5 rings (SSSR count). The highest BCUT2D eigenvalue weighted by Crippen LogP contribution is 2.36. The van der Waals surface area contributed by atoms with Gasteiger partial charge in [0.2, 0.25) is 5.88 Å². The number of amides is 1. The molecule has 2 aromatic carbocycles. The van der Waals surface area contributed by atoms with E-state index in [0.717, 1.165) is 61.1 Å². The van der Waals surface area contributed by atoms with Crippen molar-refractivity contribution in [2.75, 3.05) is 20.3 Å². The highest BCUT2D eigenvalue weighted by atomic mass is 16.5. The van der Waals surface area contributed by atoms with Crippen LogP contribution in [0.2, 0.25) is 0 Å². The van der Waals surface area contributed by atoms with Crippen molar-refractivity contribution in [2.24, 2.45) is 0 Å². The second-order valence-corrected chi connectivity index (χ2v) is 9.98. The lowest BCUT2D eigenvalue weighted by Gasteiger charge is -2.33. The van der Waals surface area contributed by atoms with Gasteiger partial charge in [-0.2, -0.15) is 0 Å². The molecule has 0 unspecified atom stereocenters. The number of nitrogens with zero attached hydrogens (tertiary/aromatic N) is 2. The van der Waals surface area contributed by atoms with E-state index >= 15 is 0 Å². The molecule has 1 aliphatic heterocycles. The first-order valence-corrected chi connectivity index (χ1v) is 13.6. The minimum atomic E-state index is -0.356. The fourth-order valence-electron chi connectivity index (χ4n) is 5.49. The van der Waals surface area contributed by atoms with Crippen molar-refractivity contribution in [1.29, 1.82) is 0 Å². The van der Waals surface area contributed by atoms with Gasteiger partial charge in [-0.1, -0.05) is 66.7 Å². The predicted molar refractivity (Wildman–Crippen MR) is 148 cm³/mol. The molecule has 2 aliphatic rings. The summed E-state index contributed by atoms with van der Waals surface area (Å²) in [6.45, 7) is 1.42. The van der Waals surface area contributed by atoms with Gasteiger partial charge in [-0.3, -0.25) is 4.90 Å². The van der Waals surface area contributed by atoms with Crippen molar-refractivity contribution < 1.29 is 19.0 Å². The summed E-state index contributed by atoms with van der Waals surface area (Å²) in [6.07, 6.45) is 5.74. The maximum atomic E-state index is 12.7. The van der Waals surface area contributed by atoms with Crippen LogP contribution in [0.3, 0.4) is 0 Å². The Bertz CT molecular complexity index is 1220. The number of aromatic nitrogens is 1. The van der Waals surface area contributed by atoms with Crippen LogP contribution in [0.4, 0.5) is 4.79 Å². The lowest BCUT2D eigenvalue weighted by atomic mass is 9.83. The van der Waals surface area contributed by atoms with Crippen molar-refractivity contribution in [3.05, 3.63) is 101 Å². The number of rotatable bonds is 8. The molecular formula is C32H36N2O4. The zero-order valence-corrected chi connectivity index (χ0v) is 22.1. The first-order chi connectivity index (χ1) is 18.7. The molecule has 0 saturated heterocycles. The van der Waals surface area contributed by atoms with E-state index in [-0.39, 0.29) is 12.2 Å². The topological polar surface area (TPSA) is 60.9 Å². The summed E-state index contributed by atoms with van der Waals surface area (Å²) >= 11 is 0. The van der Waals surface area contributed by atoms with Crippen LogP contribution in [-0.4, -0.2) is 42.3 Å². The molecule has 0 atom stereocenters. The lowest BCUT2D eigenvalue weighted by molar-refractivity contribution is 0.0276. The van der Waals surface area contributed by atoms with Gasteiger partial charge in [-0.25, -0.2) is 9.78 Å². The van der Waals surface area contributed by atoms with E-state index in [9.17, 15) is 4.79 Å². The molecule has 6 heteroatoms. The molecule has 0 bridgehead atoms. The van der Waals surface area contributed by atoms with Gasteiger partial charge >= 0.3 is 6.09 Å². The van der Waals surface area contributed by atoms with E-state index in [1.165, 1.54) is 12.7 Å². The second kappa shape index (κ2) is 12.7. The molecule has 6 nitrogen and oxygen atoms in total. The number of benzene rings is 2. The van der Waals surface area contributed by atoms with E-state index in [4.69, 9.17) is 19.2 Å². The van der Waals surface area contributed by atoms with Crippen molar-refractivity contribution in [3.63, 3.8) is 0 Å². The van der Waals surface area contributed by atoms with Crippen molar-refractivity contribution >= 4 is 11.7 Å². The average Bonchev–Trinajstić information content (AvgIpc) is 3.00. The zero-order chi connectivity index (χ0) is 26.2. The fraction of sp³-hybridized carbons (Fsp3) is 0.375. The maximum absolute atomic E-state index is 12.7. The third-order valence-electron chi connectivity index (χ3n) is 7.54. The first-order valence-electron chi connectivity index (χ1n) is 13.6. The minimum absolute atomic E-state index is 0.179. The number of methoxy groups -OCH3 is 1. The normalized spacial score (nSPS) is 19.8. The molecule has 1 aliphatic carbocycles. The monoisotopic (exact) mass is 512 g/mol. The van der Waals surface area contributed by atoms with Gasteiger partial charge in [-0.15, -0.1) is 0 Å². The summed E-state index contributed by atoms with van der Waals surface area (Å²) in [5.74, 6) is 1.16. The molecular weight excluding hydrogens is 476 g/mol. The molecule has 0 spiro atoms. The fourth-order valence-corrected chi connectivity index (χ4v) is 5.49. The standard InChI is InChI=1S/C32H36N2O4/c1-36-32(35)34-21-9-14-28(29-15-8-16-31(33-29)38-22-24-10-4-2-5-11-24)30(34)23-37-27-19-17-26(18-20-27)25-12-6-3-7-13-25/h2-8,10-13,15-16,26-27H,9,14,17-23H2,1H3/t26-,27+. The summed E-state index contributed by atoms with van der Waals surface area (Å²) < 4.78 is 17.6. The van der Waals surface area contributed by atoms with E-state index in [1.54, 1.807) is 4.90 Å². The average molecular weight is 513 g/mol. The predicted octanol–water partition coefficient (Wildman–Crippen LogP) is 6.98. The Morgan fingerprint density at radius 3 is 2.37 bits per heavy atom. The van der Waals surface area contributed by atoms with Gasteiger partial charge in [0.1, 0.15) is 6.61 Å². The first kappa shape index (κ1) is 26.0. The second-order valence-electron chi connectivity index (χ2n) is 9.98. The maximum Gasteiger partial charge on any atom is 0.413 e. The SMILES string of the molecule is COC(=O)N1CCCC(c2cccc(OCc3ccccc3)n2)=C1CO[C@H]1CC[C@@H](c2ccccc2)CC1. The molecule has 1 aromatic heterocycles. The summed E-state index contributed by atoms with van der Waals surface area (Å²) in [4.78, 5) is 19.2. The van der Waals surface area contributed by atoms with Crippen LogP contribution in [0, 0.1) is 0 Å². The molecule has 198 valence electrons. The van der Waals surface area contributed by atoms with Crippen LogP contribution in [0.1, 0.15) is 61.3 Å². The molecule has 3 aromatic rings. The minimum Gasteiger partial charge on any atom is -0.473 e. The summed E-state index contributed by atoms with van der Waals surface area (Å²) in [7, 11) is 1.43. The van der Waals surface area contributed by atoms with Crippen LogP contribution in [0.5, 0.6) is 5.88 Å². The van der Waals surface area contributed by atoms with E-state index in [1.807, 2.05) is 48.5 Å².